The minimum absolute atomic E-state index is 0.110. The highest BCUT2D eigenvalue weighted by Crippen LogP contribution is 2.33. The molecule has 1 aromatic heterocycles. The molecule has 7 heteroatoms. The number of esters is 1. The van der Waals surface area contributed by atoms with E-state index < -0.39 is 29.2 Å². The number of carbonyl (C=O) groups is 1. The van der Waals surface area contributed by atoms with Crippen molar-refractivity contribution in [2.45, 2.75) is 13.0 Å². The van der Waals surface area contributed by atoms with Crippen LogP contribution >= 0.6 is 0 Å². The highest BCUT2D eigenvalue weighted by molar-refractivity contribution is 5.88. The summed E-state index contributed by atoms with van der Waals surface area (Å²) >= 11 is 0. The van der Waals surface area contributed by atoms with Gasteiger partial charge in [0.25, 0.3) is 0 Å². The molecule has 2 aromatic rings. The van der Waals surface area contributed by atoms with Crippen molar-refractivity contribution in [2.75, 3.05) is 7.11 Å². The van der Waals surface area contributed by atoms with Crippen LogP contribution in [-0.2, 0) is 9.53 Å². The molecule has 7 nitrogen and oxygen atoms in total. The molecule has 2 rings (SSSR count). The van der Waals surface area contributed by atoms with E-state index >= 15 is 0 Å². The second kappa shape index (κ2) is 5.90. The van der Waals surface area contributed by atoms with Gasteiger partial charge in [0.15, 0.2) is 11.3 Å². The fourth-order valence-corrected chi connectivity index (χ4v) is 1.94. The van der Waals surface area contributed by atoms with E-state index in [4.69, 9.17) is 4.42 Å². The molecule has 116 valence electrons. The van der Waals surface area contributed by atoms with E-state index in [1.54, 1.807) is 0 Å². The van der Waals surface area contributed by atoms with E-state index in [0.717, 1.165) is 6.08 Å². The fraction of sp³-hybridized carbons (Fsp3) is 0.200. The lowest BCUT2D eigenvalue weighted by molar-refractivity contribution is -0.136. The number of fused-ring (bicyclic) bond motifs is 1. The second-order valence-corrected chi connectivity index (χ2v) is 4.63. The molecule has 0 radical (unpaired) electrons. The number of ether oxygens (including phenoxy) is 1. The Kier molecular flexibility index (Phi) is 4.18. The minimum atomic E-state index is -1.38. The van der Waals surface area contributed by atoms with Crippen LogP contribution in [0.25, 0.3) is 11.0 Å². The van der Waals surface area contributed by atoms with E-state index in [9.17, 15) is 24.9 Å². The molecule has 0 fully saturated rings. The molecule has 0 aliphatic carbocycles. The van der Waals surface area contributed by atoms with Crippen LogP contribution in [0.3, 0.4) is 0 Å². The molecule has 0 bridgehead atoms. The Balaban J connectivity index is 2.53. The summed E-state index contributed by atoms with van der Waals surface area (Å²) in [5.41, 5.74) is -1.06. The first-order valence-electron chi connectivity index (χ1n) is 6.28. The predicted octanol–water partition coefficient (Wildman–Crippen LogP) is 1.36. The first-order valence-corrected chi connectivity index (χ1v) is 6.28. The quantitative estimate of drug-likeness (QED) is 0.339. The Hall–Kier alpha value is -2.80. The van der Waals surface area contributed by atoms with E-state index in [0.29, 0.717) is 5.39 Å². The van der Waals surface area contributed by atoms with E-state index in [1.165, 1.54) is 32.2 Å². The molecule has 3 N–H and O–H groups in total. The maximum absolute atomic E-state index is 11.9. The van der Waals surface area contributed by atoms with Gasteiger partial charge in [0.1, 0.15) is 6.10 Å². The van der Waals surface area contributed by atoms with Gasteiger partial charge < -0.3 is 24.5 Å². The summed E-state index contributed by atoms with van der Waals surface area (Å²) in [6, 6.07) is 3.95. The van der Waals surface area contributed by atoms with Crippen LogP contribution in [0, 0.1) is 0 Å². The van der Waals surface area contributed by atoms with Crippen LogP contribution in [0.15, 0.2) is 39.1 Å². The fourth-order valence-electron chi connectivity index (χ4n) is 1.94. The zero-order valence-corrected chi connectivity index (χ0v) is 11.9. The molecule has 0 saturated carbocycles. The highest BCUT2D eigenvalue weighted by Gasteiger charge is 2.17. The van der Waals surface area contributed by atoms with Gasteiger partial charge in [-0.15, -0.1) is 0 Å². The predicted molar refractivity (Wildman–Crippen MR) is 76.5 cm³/mol. The van der Waals surface area contributed by atoms with Gasteiger partial charge in [-0.1, -0.05) is 0 Å². The lowest BCUT2D eigenvalue weighted by Gasteiger charge is -2.08. The maximum atomic E-state index is 11.9. The largest absolute Gasteiger partial charge is 0.504 e. The average molecular weight is 306 g/mol. The Morgan fingerprint density at radius 3 is 2.68 bits per heavy atom. The van der Waals surface area contributed by atoms with Crippen molar-refractivity contribution >= 4 is 16.9 Å². The Morgan fingerprint density at radius 2 is 2.05 bits per heavy atom. The Bertz CT molecular complexity index is 816. The minimum Gasteiger partial charge on any atom is -0.504 e. The van der Waals surface area contributed by atoms with Crippen molar-refractivity contribution in [1.82, 2.24) is 0 Å². The number of benzene rings is 1. The Labute approximate surface area is 124 Å². The summed E-state index contributed by atoms with van der Waals surface area (Å²) in [5, 5.41) is 29.4. The van der Waals surface area contributed by atoms with Gasteiger partial charge in [-0.05, 0) is 31.2 Å². The molecule has 22 heavy (non-hydrogen) atoms. The van der Waals surface area contributed by atoms with Gasteiger partial charge in [-0.25, -0.2) is 9.59 Å². The number of carbonyl (C=O) groups excluding carboxylic acids is 1. The molecule has 1 heterocycles. The molecule has 0 aliphatic heterocycles. The number of hydrogen-bond acceptors (Lipinski definition) is 7. The van der Waals surface area contributed by atoms with E-state index in [2.05, 4.69) is 4.74 Å². The summed E-state index contributed by atoms with van der Waals surface area (Å²) in [6.45, 7) is 1.43. The van der Waals surface area contributed by atoms with Crippen LogP contribution in [0.1, 0.15) is 18.6 Å². The zero-order chi connectivity index (χ0) is 16.4. The van der Waals surface area contributed by atoms with Crippen LogP contribution in [0.5, 0.6) is 11.5 Å². The van der Waals surface area contributed by atoms with Crippen LogP contribution < -0.4 is 5.63 Å². The van der Waals surface area contributed by atoms with E-state index in [-0.39, 0.29) is 16.7 Å². The van der Waals surface area contributed by atoms with Crippen molar-refractivity contribution < 1.29 is 29.3 Å². The maximum Gasteiger partial charge on any atom is 0.342 e. The number of aromatic hydroxyl groups is 2. The first-order chi connectivity index (χ1) is 10.3. The number of hydrogen-bond donors (Lipinski definition) is 3. The second-order valence-electron chi connectivity index (χ2n) is 4.63. The monoisotopic (exact) mass is 306 g/mol. The summed E-state index contributed by atoms with van der Waals surface area (Å²) < 4.78 is 9.42. The van der Waals surface area contributed by atoms with Gasteiger partial charge in [0.05, 0.1) is 12.7 Å². The molecule has 1 aromatic carbocycles. The molecule has 1 unspecified atom stereocenters. The molecule has 1 atom stereocenters. The van der Waals surface area contributed by atoms with Gasteiger partial charge in [0, 0.05) is 11.0 Å². The lowest BCUT2D eigenvalue weighted by atomic mass is 10.1. The number of rotatable bonds is 3. The Morgan fingerprint density at radius 1 is 1.36 bits per heavy atom. The van der Waals surface area contributed by atoms with Crippen LogP contribution in [0.2, 0.25) is 0 Å². The number of phenolic OH excluding ortho intramolecular Hbond substituents is 2. The molecular formula is C15H14O7. The summed E-state index contributed by atoms with van der Waals surface area (Å²) in [7, 11) is 1.20. The molecule has 0 spiro atoms. The van der Waals surface area contributed by atoms with Gasteiger partial charge >= 0.3 is 11.6 Å². The third kappa shape index (κ3) is 2.79. The van der Waals surface area contributed by atoms with Gasteiger partial charge in [-0.2, -0.15) is 0 Å². The lowest BCUT2D eigenvalue weighted by Crippen LogP contribution is -2.12. The number of aliphatic hydroxyl groups is 1. The van der Waals surface area contributed by atoms with E-state index in [1.807, 2.05) is 0 Å². The third-order valence-electron chi connectivity index (χ3n) is 3.12. The summed E-state index contributed by atoms with van der Waals surface area (Å²) in [5.74, 6) is -1.62. The average Bonchev–Trinajstić information content (AvgIpc) is 2.50. The third-order valence-corrected chi connectivity index (χ3v) is 3.12. The number of methoxy groups -OCH3 is 1. The molecule has 0 saturated heterocycles. The van der Waals surface area contributed by atoms with Gasteiger partial charge in [0.2, 0.25) is 5.75 Å². The van der Waals surface area contributed by atoms with Gasteiger partial charge in [-0.3, -0.25) is 0 Å². The highest BCUT2D eigenvalue weighted by atomic mass is 16.5. The SMILES string of the molecule is COC(=O)C(C)=CC(O)c1cc2ccc(O)c(O)c2oc1=O. The first kappa shape index (κ1) is 15.6. The van der Waals surface area contributed by atoms with Crippen molar-refractivity contribution in [2.24, 2.45) is 0 Å². The van der Waals surface area contributed by atoms with Crippen molar-refractivity contribution in [3.05, 3.63) is 45.8 Å². The number of phenols is 2. The standard InChI is InChI=1S/C15H14O7/c1-7(14(19)21-2)5-11(17)9-6-8-3-4-10(16)12(18)13(8)22-15(9)20/h3-6,11,16-18H,1-2H3. The molecular weight excluding hydrogens is 292 g/mol. The smallest absolute Gasteiger partial charge is 0.342 e. The molecule has 0 aliphatic rings. The van der Waals surface area contributed by atoms with Crippen molar-refractivity contribution in [3.63, 3.8) is 0 Å². The normalized spacial score (nSPS) is 13.1. The topological polar surface area (TPSA) is 117 Å². The van der Waals surface area contributed by atoms with Crippen molar-refractivity contribution in [1.29, 1.82) is 0 Å². The zero-order valence-electron chi connectivity index (χ0n) is 11.9. The summed E-state index contributed by atoms with van der Waals surface area (Å²) in [6.07, 6.45) is -0.222. The number of aliphatic hydroxyl groups excluding tert-OH is 1. The van der Waals surface area contributed by atoms with Crippen molar-refractivity contribution in [3.8, 4) is 11.5 Å². The van der Waals surface area contributed by atoms with Crippen LogP contribution in [0.4, 0.5) is 0 Å². The van der Waals surface area contributed by atoms with Crippen LogP contribution in [-0.4, -0.2) is 28.4 Å². The summed E-state index contributed by atoms with van der Waals surface area (Å²) in [4.78, 5) is 23.2. The molecule has 0 amide bonds.